The molecule has 1 aromatic carbocycles. The van der Waals surface area contributed by atoms with E-state index in [4.69, 9.17) is 4.98 Å². The molecule has 3 nitrogen and oxygen atoms in total. The van der Waals surface area contributed by atoms with Gasteiger partial charge in [0.2, 0.25) is 5.95 Å². The third-order valence-electron chi connectivity index (χ3n) is 3.79. The molecule has 1 N–H and O–H groups in total. The van der Waals surface area contributed by atoms with Crippen LogP contribution in [0.25, 0.3) is 0 Å². The van der Waals surface area contributed by atoms with Crippen LogP contribution in [0.5, 0.6) is 0 Å². The van der Waals surface area contributed by atoms with Crippen LogP contribution in [0, 0.1) is 5.82 Å². The van der Waals surface area contributed by atoms with E-state index in [0.717, 1.165) is 30.2 Å². The largest absolute Gasteiger partial charge is 0.356 e. The molecule has 1 aliphatic heterocycles. The average Bonchev–Trinajstić information content (AvgIpc) is 2.83. The lowest BCUT2D eigenvalue weighted by Crippen LogP contribution is -2.23. The molecule has 0 amide bonds. The highest BCUT2D eigenvalue weighted by Gasteiger charge is 2.26. The highest BCUT2D eigenvalue weighted by molar-refractivity contribution is 5.37. The molecule has 1 aromatic heterocycles. The Morgan fingerprint density at radius 1 is 1.25 bits per heavy atom. The van der Waals surface area contributed by atoms with Crippen molar-refractivity contribution in [2.75, 3.05) is 11.9 Å². The Morgan fingerprint density at radius 2 is 1.95 bits per heavy atom. The van der Waals surface area contributed by atoms with E-state index < -0.39 is 0 Å². The van der Waals surface area contributed by atoms with Crippen molar-refractivity contribution in [1.82, 2.24) is 9.55 Å². The number of imidazole rings is 1. The molecule has 20 heavy (non-hydrogen) atoms. The van der Waals surface area contributed by atoms with Gasteiger partial charge in [0.25, 0.3) is 0 Å². The summed E-state index contributed by atoms with van der Waals surface area (Å²) in [5.41, 5.74) is 2.24. The summed E-state index contributed by atoms with van der Waals surface area (Å²) in [7, 11) is 0. The van der Waals surface area contributed by atoms with E-state index in [0.29, 0.717) is 0 Å². The second kappa shape index (κ2) is 4.62. The van der Waals surface area contributed by atoms with Crippen LogP contribution in [0.2, 0.25) is 0 Å². The summed E-state index contributed by atoms with van der Waals surface area (Å²) < 4.78 is 15.3. The zero-order valence-electron chi connectivity index (χ0n) is 12.2. The lowest BCUT2D eigenvalue weighted by Gasteiger charge is -2.26. The summed E-state index contributed by atoms with van der Waals surface area (Å²) in [5, 5.41) is 3.34. The quantitative estimate of drug-likeness (QED) is 0.858. The van der Waals surface area contributed by atoms with Gasteiger partial charge in [-0.2, -0.15) is 0 Å². The predicted molar refractivity (Wildman–Crippen MR) is 78.6 cm³/mol. The van der Waals surface area contributed by atoms with Gasteiger partial charge in [-0.25, -0.2) is 9.37 Å². The van der Waals surface area contributed by atoms with Crippen molar-refractivity contribution >= 4 is 5.95 Å². The second-order valence-electron chi connectivity index (χ2n) is 6.39. The van der Waals surface area contributed by atoms with Crippen molar-refractivity contribution in [1.29, 1.82) is 0 Å². The topological polar surface area (TPSA) is 29.9 Å². The first kappa shape index (κ1) is 13.2. The molecule has 0 bridgehead atoms. The maximum absolute atomic E-state index is 13.1. The van der Waals surface area contributed by atoms with Crippen molar-refractivity contribution < 1.29 is 4.39 Å². The summed E-state index contributed by atoms with van der Waals surface area (Å²) in [6.45, 7) is 7.37. The Kier molecular flexibility index (Phi) is 3.04. The number of aromatic nitrogens is 2. The van der Waals surface area contributed by atoms with Crippen LogP contribution >= 0.6 is 0 Å². The van der Waals surface area contributed by atoms with Gasteiger partial charge in [0.1, 0.15) is 5.82 Å². The zero-order valence-corrected chi connectivity index (χ0v) is 12.2. The molecule has 0 aliphatic carbocycles. The normalized spacial score (nSPS) is 18.5. The molecular formula is C16H20FN3. The number of nitrogens with zero attached hydrogens (tertiary/aromatic N) is 2. The minimum Gasteiger partial charge on any atom is -0.356 e. The Morgan fingerprint density at radius 3 is 2.60 bits per heavy atom. The molecule has 3 rings (SSSR count). The first-order chi connectivity index (χ1) is 9.45. The van der Waals surface area contributed by atoms with Crippen molar-refractivity contribution in [3.8, 4) is 0 Å². The van der Waals surface area contributed by atoms with Gasteiger partial charge in [-0.15, -0.1) is 0 Å². The van der Waals surface area contributed by atoms with Gasteiger partial charge in [0, 0.05) is 18.2 Å². The molecule has 0 saturated heterocycles. The van der Waals surface area contributed by atoms with Gasteiger partial charge in [-0.05, 0) is 24.1 Å². The summed E-state index contributed by atoms with van der Waals surface area (Å²) >= 11 is 0. The average molecular weight is 273 g/mol. The van der Waals surface area contributed by atoms with Gasteiger partial charge in [0.05, 0.1) is 11.7 Å². The molecule has 1 atom stereocenters. The minimum absolute atomic E-state index is 0.0271. The van der Waals surface area contributed by atoms with Gasteiger partial charge in [-0.1, -0.05) is 32.9 Å². The third kappa shape index (κ3) is 2.30. The number of hydrogen-bond donors (Lipinski definition) is 1. The van der Waals surface area contributed by atoms with Crippen LogP contribution in [0.3, 0.4) is 0 Å². The van der Waals surface area contributed by atoms with Gasteiger partial charge in [0.15, 0.2) is 0 Å². The molecule has 0 spiro atoms. The highest BCUT2D eigenvalue weighted by atomic mass is 19.1. The van der Waals surface area contributed by atoms with Crippen LogP contribution in [0.4, 0.5) is 10.3 Å². The van der Waals surface area contributed by atoms with Crippen LogP contribution in [-0.4, -0.2) is 16.1 Å². The molecular weight excluding hydrogens is 253 g/mol. The van der Waals surface area contributed by atoms with E-state index in [-0.39, 0.29) is 17.3 Å². The molecule has 106 valence electrons. The van der Waals surface area contributed by atoms with Crippen LogP contribution < -0.4 is 5.32 Å². The summed E-state index contributed by atoms with van der Waals surface area (Å²) in [6.07, 6.45) is 3.11. The van der Waals surface area contributed by atoms with Crippen molar-refractivity contribution in [2.45, 2.75) is 38.6 Å². The van der Waals surface area contributed by atoms with E-state index in [1.54, 1.807) is 0 Å². The fourth-order valence-corrected chi connectivity index (χ4v) is 2.60. The van der Waals surface area contributed by atoms with Crippen molar-refractivity contribution in [2.24, 2.45) is 0 Å². The minimum atomic E-state index is -0.191. The Bertz CT molecular complexity index is 608. The van der Waals surface area contributed by atoms with Crippen molar-refractivity contribution in [3.63, 3.8) is 0 Å². The smallest absolute Gasteiger partial charge is 0.203 e. The zero-order chi connectivity index (χ0) is 14.3. The standard InChI is InChI=1S/C16H20FN3/c1-16(2,3)14-10-20-13(8-9-18-15(20)19-14)11-4-6-12(17)7-5-11/h4-7,10,13H,8-9H2,1-3H3,(H,18,19). The number of fused-ring (bicyclic) bond motifs is 1. The molecule has 1 aliphatic rings. The summed E-state index contributed by atoms with van der Waals surface area (Å²) in [4.78, 5) is 4.69. The molecule has 2 heterocycles. The molecule has 2 aromatic rings. The molecule has 0 fully saturated rings. The SMILES string of the molecule is CC(C)(C)c1cn2c(n1)NCCC2c1ccc(F)cc1. The Labute approximate surface area is 118 Å². The maximum Gasteiger partial charge on any atom is 0.203 e. The van der Waals surface area contributed by atoms with E-state index in [1.165, 1.54) is 12.1 Å². The van der Waals surface area contributed by atoms with E-state index >= 15 is 0 Å². The van der Waals surface area contributed by atoms with E-state index in [1.807, 2.05) is 12.1 Å². The van der Waals surface area contributed by atoms with E-state index in [9.17, 15) is 4.39 Å². The molecule has 0 saturated carbocycles. The lowest BCUT2D eigenvalue weighted by atomic mass is 9.93. The van der Waals surface area contributed by atoms with Gasteiger partial charge >= 0.3 is 0 Å². The van der Waals surface area contributed by atoms with Crippen LogP contribution in [-0.2, 0) is 5.41 Å². The summed E-state index contributed by atoms with van der Waals surface area (Å²) in [5.74, 6) is 0.722. The molecule has 1 unspecified atom stereocenters. The fraction of sp³-hybridized carbons (Fsp3) is 0.438. The monoisotopic (exact) mass is 273 g/mol. The first-order valence-electron chi connectivity index (χ1n) is 7.04. The van der Waals surface area contributed by atoms with Crippen LogP contribution in [0.15, 0.2) is 30.5 Å². The molecule has 4 heteroatoms. The highest BCUT2D eigenvalue weighted by Crippen LogP contribution is 2.32. The Balaban J connectivity index is 2.01. The van der Waals surface area contributed by atoms with E-state index in [2.05, 4.69) is 36.9 Å². The lowest BCUT2D eigenvalue weighted by molar-refractivity contribution is 0.525. The number of hydrogen-bond acceptors (Lipinski definition) is 2. The number of anilines is 1. The summed E-state index contributed by atoms with van der Waals surface area (Å²) in [6, 6.07) is 7.02. The second-order valence-corrected chi connectivity index (χ2v) is 6.39. The van der Waals surface area contributed by atoms with Gasteiger partial charge < -0.3 is 9.88 Å². The number of nitrogens with one attached hydrogen (secondary N) is 1. The number of halogens is 1. The fourth-order valence-electron chi connectivity index (χ4n) is 2.60. The maximum atomic E-state index is 13.1. The van der Waals surface area contributed by atoms with Crippen molar-refractivity contribution in [3.05, 3.63) is 47.5 Å². The molecule has 0 radical (unpaired) electrons. The van der Waals surface area contributed by atoms with Crippen LogP contribution in [0.1, 0.15) is 44.5 Å². The Hall–Kier alpha value is -1.84. The first-order valence-corrected chi connectivity index (χ1v) is 7.04. The van der Waals surface area contributed by atoms with Gasteiger partial charge in [-0.3, -0.25) is 0 Å². The predicted octanol–water partition coefficient (Wildman–Crippen LogP) is 3.72. The number of rotatable bonds is 1. The third-order valence-corrected chi connectivity index (χ3v) is 3.79. The number of benzene rings is 1.